The van der Waals surface area contributed by atoms with E-state index >= 15 is 0 Å². The van der Waals surface area contributed by atoms with Crippen molar-refractivity contribution in [2.24, 2.45) is 0 Å². The monoisotopic (exact) mass is 401 g/mol. The first-order valence-corrected chi connectivity index (χ1v) is 9.86. The van der Waals surface area contributed by atoms with E-state index in [-0.39, 0.29) is 23.2 Å². The Morgan fingerprint density at radius 1 is 1.14 bits per heavy atom. The third-order valence-corrected chi connectivity index (χ3v) is 6.33. The Balaban J connectivity index is 1.39. The number of benzene rings is 2. The van der Waals surface area contributed by atoms with Crippen molar-refractivity contribution in [3.05, 3.63) is 65.2 Å². The van der Waals surface area contributed by atoms with E-state index in [2.05, 4.69) is 10.2 Å². The van der Waals surface area contributed by atoms with Gasteiger partial charge >= 0.3 is 6.03 Å². The molecule has 1 atom stereocenters. The third kappa shape index (κ3) is 3.79. The SMILES string of the molecule is CN1c2ccc(F)cc2[C@@H](O)CC12CCN(C(=O)NCc1ccc(F)cc1)CC2. The molecule has 29 heavy (non-hydrogen) atoms. The zero-order valence-corrected chi connectivity index (χ0v) is 16.4. The van der Waals surface area contributed by atoms with Crippen LogP contribution in [0.3, 0.4) is 0 Å². The molecule has 2 aromatic carbocycles. The number of carbonyl (C=O) groups is 1. The van der Waals surface area contributed by atoms with Crippen LogP contribution in [0.4, 0.5) is 19.3 Å². The van der Waals surface area contributed by atoms with E-state index in [1.165, 1.54) is 24.3 Å². The average molecular weight is 401 g/mol. The molecule has 2 aromatic rings. The molecular formula is C22H25F2N3O2. The summed E-state index contributed by atoms with van der Waals surface area (Å²) in [7, 11) is 1.98. The van der Waals surface area contributed by atoms with Gasteiger partial charge in [0.2, 0.25) is 0 Å². The van der Waals surface area contributed by atoms with Crippen LogP contribution in [0.15, 0.2) is 42.5 Å². The molecule has 1 fully saturated rings. The van der Waals surface area contributed by atoms with E-state index in [4.69, 9.17) is 0 Å². The number of nitrogens with one attached hydrogen (secondary N) is 1. The first-order chi connectivity index (χ1) is 13.9. The van der Waals surface area contributed by atoms with E-state index in [0.29, 0.717) is 31.6 Å². The lowest BCUT2D eigenvalue weighted by atomic mass is 9.76. The largest absolute Gasteiger partial charge is 0.388 e. The second-order valence-corrected chi connectivity index (χ2v) is 7.98. The van der Waals surface area contributed by atoms with Gasteiger partial charge in [0.15, 0.2) is 0 Å². The number of aliphatic hydroxyl groups is 1. The number of piperidine rings is 1. The van der Waals surface area contributed by atoms with Gasteiger partial charge in [0, 0.05) is 49.9 Å². The van der Waals surface area contributed by atoms with Crippen molar-refractivity contribution in [1.82, 2.24) is 10.2 Å². The number of rotatable bonds is 2. The summed E-state index contributed by atoms with van der Waals surface area (Å²) in [6.07, 6.45) is 1.25. The molecule has 2 aliphatic heterocycles. The predicted molar refractivity (Wildman–Crippen MR) is 107 cm³/mol. The van der Waals surface area contributed by atoms with Crippen LogP contribution >= 0.6 is 0 Å². The number of urea groups is 1. The molecule has 1 spiro atoms. The van der Waals surface area contributed by atoms with Crippen molar-refractivity contribution >= 4 is 11.7 Å². The van der Waals surface area contributed by atoms with Crippen LogP contribution in [0.25, 0.3) is 0 Å². The highest BCUT2D eigenvalue weighted by atomic mass is 19.1. The van der Waals surface area contributed by atoms with Gasteiger partial charge in [-0.15, -0.1) is 0 Å². The molecule has 2 aliphatic rings. The Bertz CT molecular complexity index is 895. The van der Waals surface area contributed by atoms with Crippen LogP contribution in [0, 0.1) is 11.6 Å². The molecule has 0 aromatic heterocycles. The molecule has 0 unspecified atom stereocenters. The lowest BCUT2D eigenvalue weighted by Crippen LogP contribution is -2.58. The number of hydrogen-bond donors (Lipinski definition) is 2. The Morgan fingerprint density at radius 2 is 1.79 bits per heavy atom. The molecule has 0 radical (unpaired) electrons. The summed E-state index contributed by atoms with van der Waals surface area (Å²) in [5, 5.41) is 13.5. The smallest absolute Gasteiger partial charge is 0.317 e. The van der Waals surface area contributed by atoms with E-state index in [1.807, 2.05) is 7.05 Å². The molecule has 7 heteroatoms. The summed E-state index contributed by atoms with van der Waals surface area (Å²) >= 11 is 0. The third-order valence-electron chi connectivity index (χ3n) is 6.33. The topological polar surface area (TPSA) is 55.8 Å². The lowest BCUT2D eigenvalue weighted by molar-refractivity contribution is 0.0852. The van der Waals surface area contributed by atoms with Gasteiger partial charge in [-0.3, -0.25) is 0 Å². The van der Waals surface area contributed by atoms with Crippen LogP contribution in [0.2, 0.25) is 0 Å². The molecule has 154 valence electrons. The highest BCUT2D eigenvalue weighted by Crippen LogP contribution is 2.46. The van der Waals surface area contributed by atoms with Gasteiger partial charge in [0.1, 0.15) is 11.6 Å². The van der Waals surface area contributed by atoms with Gasteiger partial charge in [-0.2, -0.15) is 0 Å². The molecule has 1 saturated heterocycles. The molecule has 4 rings (SSSR count). The number of fused-ring (bicyclic) bond motifs is 1. The fourth-order valence-electron chi connectivity index (χ4n) is 4.52. The van der Waals surface area contributed by atoms with Gasteiger partial charge in [-0.05, 0) is 48.7 Å². The Kier molecular flexibility index (Phi) is 5.17. The molecule has 2 amide bonds. The molecule has 0 bridgehead atoms. The summed E-state index contributed by atoms with van der Waals surface area (Å²) in [4.78, 5) is 16.4. The van der Waals surface area contributed by atoms with Gasteiger partial charge in [-0.1, -0.05) is 12.1 Å². The zero-order valence-electron chi connectivity index (χ0n) is 16.4. The van der Waals surface area contributed by atoms with Crippen molar-refractivity contribution in [3.8, 4) is 0 Å². The Labute approximate surface area is 168 Å². The van der Waals surface area contributed by atoms with Crippen molar-refractivity contribution in [3.63, 3.8) is 0 Å². The number of anilines is 1. The van der Waals surface area contributed by atoms with Crippen molar-refractivity contribution in [2.45, 2.75) is 37.5 Å². The molecule has 2 heterocycles. The molecule has 5 nitrogen and oxygen atoms in total. The van der Waals surface area contributed by atoms with Crippen LogP contribution in [-0.2, 0) is 6.54 Å². The first-order valence-electron chi connectivity index (χ1n) is 9.86. The summed E-state index contributed by atoms with van der Waals surface area (Å²) in [5.41, 5.74) is 2.06. The maximum atomic E-state index is 13.6. The number of halogens is 2. The fourth-order valence-corrected chi connectivity index (χ4v) is 4.52. The van der Waals surface area contributed by atoms with Crippen LogP contribution in [-0.4, -0.2) is 41.7 Å². The summed E-state index contributed by atoms with van der Waals surface area (Å²) in [6.45, 7) is 1.49. The van der Waals surface area contributed by atoms with Gasteiger partial charge < -0.3 is 20.2 Å². The number of likely N-dealkylation sites (tertiary alicyclic amines) is 1. The standard InChI is InChI=1S/C22H25F2N3O2/c1-26-19-7-6-17(24)12-18(19)20(28)13-22(26)8-10-27(11-9-22)21(29)25-14-15-2-4-16(23)5-3-15/h2-7,12,20,28H,8-11,13-14H2,1H3,(H,25,29)/t20-/m0/s1. The number of nitrogens with zero attached hydrogens (tertiary/aromatic N) is 2. The predicted octanol–water partition coefficient (Wildman–Crippen LogP) is 3.58. The van der Waals surface area contributed by atoms with Crippen molar-refractivity contribution in [2.75, 3.05) is 25.0 Å². The fraction of sp³-hybridized carbons (Fsp3) is 0.409. The average Bonchev–Trinajstić information content (AvgIpc) is 2.72. The Morgan fingerprint density at radius 3 is 2.48 bits per heavy atom. The normalized spacial score (nSPS) is 20.5. The Hall–Kier alpha value is -2.67. The van der Waals surface area contributed by atoms with Crippen molar-refractivity contribution in [1.29, 1.82) is 0 Å². The second kappa shape index (κ2) is 7.63. The van der Waals surface area contributed by atoms with Crippen LogP contribution < -0.4 is 10.2 Å². The molecule has 2 N–H and O–H groups in total. The van der Waals surface area contributed by atoms with E-state index < -0.39 is 6.10 Å². The number of aliphatic hydroxyl groups excluding tert-OH is 1. The van der Waals surface area contributed by atoms with E-state index in [0.717, 1.165) is 24.1 Å². The quantitative estimate of drug-likeness (QED) is 0.809. The highest BCUT2D eigenvalue weighted by Gasteiger charge is 2.45. The number of amides is 2. The molecule has 0 aliphatic carbocycles. The minimum absolute atomic E-state index is 0.148. The van der Waals surface area contributed by atoms with E-state index in [9.17, 15) is 18.7 Å². The molecular weight excluding hydrogens is 376 g/mol. The maximum absolute atomic E-state index is 13.6. The highest BCUT2D eigenvalue weighted by molar-refractivity contribution is 5.74. The zero-order chi connectivity index (χ0) is 20.6. The maximum Gasteiger partial charge on any atom is 0.317 e. The minimum atomic E-state index is -0.712. The number of carbonyl (C=O) groups excluding carboxylic acids is 1. The van der Waals surface area contributed by atoms with Crippen LogP contribution in [0.5, 0.6) is 0 Å². The lowest BCUT2D eigenvalue weighted by Gasteiger charge is -2.52. The van der Waals surface area contributed by atoms with Gasteiger partial charge in [0.05, 0.1) is 6.10 Å². The van der Waals surface area contributed by atoms with Gasteiger partial charge in [0.25, 0.3) is 0 Å². The first kappa shape index (κ1) is 19.6. The number of hydrogen-bond acceptors (Lipinski definition) is 3. The van der Waals surface area contributed by atoms with Crippen molar-refractivity contribution < 1.29 is 18.7 Å². The second-order valence-electron chi connectivity index (χ2n) is 7.98. The van der Waals surface area contributed by atoms with E-state index in [1.54, 1.807) is 23.1 Å². The summed E-state index contributed by atoms with van der Waals surface area (Å²) < 4.78 is 26.6. The molecule has 0 saturated carbocycles. The summed E-state index contributed by atoms with van der Waals surface area (Å²) in [5.74, 6) is -0.649. The van der Waals surface area contributed by atoms with Crippen LogP contribution in [0.1, 0.15) is 36.5 Å². The van der Waals surface area contributed by atoms with Gasteiger partial charge in [-0.25, -0.2) is 13.6 Å². The summed E-state index contributed by atoms with van der Waals surface area (Å²) in [6, 6.07) is 10.4. The minimum Gasteiger partial charge on any atom is -0.388 e.